The van der Waals surface area contributed by atoms with Gasteiger partial charge in [-0.2, -0.15) is 0 Å². The van der Waals surface area contributed by atoms with Gasteiger partial charge in [0.2, 0.25) is 5.91 Å². The lowest BCUT2D eigenvalue weighted by molar-refractivity contribution is -0.142. The first-order chi connectivity index (χ1) is 15.0. The molecular weight excluding hydrogens is 394 g/mol. The third kappa shape index (κ3) is 4.60. The van der Waals surface area contributed by atoms with Crippen molar-refractivity contribution in [3.8, 4) is 0 Å². The zero-order valence-corrected chi connectivity index (χ0v) is 17.4. The van der Waals surface area contributed by atoms with E-state index in [-0.39, 0.29) is 11.8 Å². The largest absolute Gasteiger partial charge is 0.467 e. The van der Waals surface area contributed by atoms with Crippen LogP contribution in [-0.4, -0.2) is 47.4 Å². The van der Waals surface area contributed by atoms with Crippen LogP contribution >= 0.6 is 0 Å². The third-order valence-electron chi connectivity index (χ3n) is 5.65. The molecule has 1 saturated heterocycles. The van der Waals surface area contributed by atoms with Crippen molar-refractivity contribution in [3.63, 3.8) is 0 Å². The van der Waals surface area contributed by atoms with Gasteiger partial charge in [0, 0.05) is 48.6 Å². The molecule has 3 aromatic rings. The monoisotopic (exact) mass is 419 g/mol. The molecule has 1 unspecified atom stereocenters. The number of likely N-dealkylation sites (tertiary alicyclic amines) is 1. The van der Waals surface area contributed by atoms with Crippen LogP contribution < -0.4 is 5.32 Å². The number of amides is 2. The molecule has 0 spiro atoms. The average Bonchev–Trinajstić information content (AvgIpc) is 3.39. The van der Waals surface area contributed by atoms with Gasteiger partial charge < -0.3 is 19.9 Å². The number of carbonyl (C=O) groups excluding carboxylic acids is 3. The maximum atomic E-state index is 12.8. The van der Waals surface area contributed by atoms with E-state index in [4.69, 9.17) is 4.74 Å². The van der Waals surface area contributed by atoms with Crippen LogP contribution in [0.5, 0.6) is 0 Å². The number of nitrogens with one attached hydrogen (secondary N) is 2. The number of rotatable bonds is 7. The number of hydrogen-bond donors (Lipinski definition) is 2. The van der Waals surface area contributed by atoms with Crippen LogP contribution in [0.4, 0.5) is 0 Å². The Morgan fingerprint density at radius 2 is 1.94 bits per heavy atom. The number of hydrogen-bond acceptors (Lipinski definition) is 4. The van der Waals surface area contributed by atoms with Gasteiger partial charge in [0.15, 0.2) is 0 Å². The standard InChI is InChI=1S/C24H25N3O4/c1-31-24(30)21(13-18-14-25-20-6-3-2-5-19(18)20)26-23(29)17-10-8-16(9-11-17)15-27-12-4-7-22(27)28/h2-3,5-6,8-11,14,21,25H,4,7,12-13,15H2,1H3,(H,26,29). The van der Waals surface area contributed by atoms with Gasteiger partial charge in [-0.05, 0) is 35.7 Å². The molecule has 2 N–H and O–H groups in total. The number of benzene rings is 2. The summed E-state index contributed by atoms with van der Waals surface area (Å²) in [7, 11) is 1.31. The number of aromatic amines is 1. The van der Waals surface area contributed by atoms with Gasteiger partial charge in [0.1, 0.15) is 6.04 Å². The summed E-state index contributed by atoms with van der Waals surface area (Å²) in [6.07, 6.45) is 3.66. The Morgan fingerprint density at radius 3 is 2.65 bits per heavy atom. The van der Waals surface area contributed by atoms with Crippen molar-refractivity contribution in [2.45, 2.75) is 31.8 Å². The van der Waals surface area contributed by atoms with Gasteiger partial charge in [0.05, 0.1) is 7.11 Å². The van der Waals surface area contributed by atoms with Crippen LogP contribution in [-0.2, 0) is 27.3 Å². The molecule has 1 aliphatic rings. The number of fused-ring (bicyclic) bond motifs is 1. The SMILES string of the molecule is COC(=O)C(Cc1c[nH]c2ccccc12)NC(=O)c1ccc(CN2CCCC2=O)cc1. The second-order valence-corrected chi connectivity index (χ2v) is 7.73. The molecule has 1 atom stereocenters. The summed E-state index contributed by atoms with van der Waals surface area (Å²) in [6.45, 7) is 1.32. The van der Waals surface area contributed by atoms with Crippen LogP contribution in [0.25, 0.3) is 10.9 Å². The normalized spacial score (nSPS) is 14.6. The van der Waals surface area contributed by atoms with E-state index in [9.17, 15) is 14.4 Å². The lowest BCUT2D eigenvalue weighted by Gasteiger charge is -2.17. The van der Waals surface area contributed by atoms with E-state index in [1.165, 1.54) is 7.11 Å². The predicted molar refractivity (Wildman–Crippen MR) is 116 cm³/mol. The Hall–Kier alpha value is -3.61. The first-order valence-electron chi connectivity index (χ1n) is 10.4. The minimum Gasteiger partial charge on any atom is -0.467 e. The molecule has 0 saturated carbocycles. The molecule has 160 valence electrons. The van der Waals surface area contributed by atoms with Gasteiger partial charge in [-0.1, -0.05) is 30.3 Å². The van der Waals surface area contributed by atoms with Crippen LogP contribution in [0.1, 0.15) is 34.3 Å². The van der Waals surface area contributed by atoms with Crippen LogP contribution in [0.2, 0.25) is 0 Å². The molecule has 7 heteroatoms. The summed E-state index contributed by atoms with van der Waals surface area (Å²) in [4.78, 5) is 41.9. The molecule has 0 aliphatic carbocycles. The summed E-state index contributed by atoms with van der Waals surface area (Å²) in [5.41, 5.74) is 3.32. The molecule has 31 heavy (non-hydrogen) atoms. The van der Waals surface area contributed by atoms with E-state index >= 15 is 0 Å². The van der Waals surface area contributed by atoms with Crippen molar-refractivity contribution < 1.29 is 19.1 Å². The van der Waals surface area contributed by atoms with E-state index in [2.05, 4.69) is 10.3 Å². The second kappa shape index (κ2) is 9.04. The van der Waals surface area contributed by atoms with Gasteiger partial charge in [0.25, 0.3) is 5.91 Å². The molecule has 7 nitrogen and oxygen atoms in total. The van der Waals surface area contributed by atoms with Gasteiger partial charge in [-0.25, -0.2) is 4.79 Å². The lowest BCUT2D eigenvalue weighted by Crippen LogP contribution is -2.43. The molecule has 0 bridgehead atoms. The summed E-state index contributed by atoms with van der Waals surface area (Å²) in [6, 6.07) is 14.1. The number of ether oxygens (including phenoxy) is 1. The summed E-state index contributed by atoms with van der Waals surface area (Å²) in [5.74, 6) is -0.679. The number of esters is 1. The molecule has 2 aromatic carbocycles. The number of carbonyl (C=O) groups is 3. The highest BCUT2D eigenvalue weighted by molar-refractivity contribution is 5.97. The highest BCUT2D eigenvalue weighted by atomic mass is 16.5. The smallest absolute Gasteiger partial charge is 0.328 e. The fourth-order valence-electron chi connectivity index (χ4n) is 3.95. The fourth-order valence-corrected chi connectivity index (χ4v) is 3.95. The molecule has 2 heterocycles. The highest BCUT2D eigenvalue weighted by Gasteiger charge is 2.24. The minimum absolute atomic E-state index is 0.167. The van der Waals surface area contributed by atoms with Gasteiger partial charge >= 0.3 is 5.97 Å². The van der Waals surface area contributed by atoms with E-state index in [1.807, 2.05) is 47.5 Å². The number of nitrogens with zero attached hydrogens (tertiary/aromatic N) is 1. The van der Waals surface area contributed by atoms with Crippen molar-refractivity contribution in [2.24, 2.45) is 0 Å². The maximum absolute atomic E-state index is 12.8. The third-order valence-corrected chi connectivity index (χ3v) is 5.65. The minimum atomic E-state index is -0.807. The Kier molecular flexibility index (Phi) is 6.02. The molecule has 1 aliphatic heterocycles. The summed E-state index contributed by atoms with van der Waals surface area (Å²) in [5, 5.41) is 3.80. The fraction of sp³-hybridized carbons (Fsp3) is 0.292. The zero-order valence-electron chi connectivity index (χ0n) is 17.4. The first-order valence-corrected chi connectivity index (χ1v) is 10.4. The molecule has 2 amide bonds. The highest BCUT2D eigenvalue weighted by Crippen LogP contribution is 2.20. The Labute approximate surface area is 180 Å². The van der Waals surface area contributed by atoms with Crippen molar-refractivity contribution in [2.75, 3.05) is 13.7 Å². The number of aromatic nitrogens is 1. The zero-order chi connectivity index (χ0) is 21.8. The molecule has 1 fully saturated rings. The topological polar surface area (TPSA) is 91.5 Å². The number of para-hydroxylation sites is 1. The number of methoxy groups -OCH3 is 1. The van der Waals surface area contributed by atoms with Crippen molar-refractivity contribution >= 4 is 28.7 Å². The van der Waals surface area contributed by atoms with Crippen LogP contribution in [0.15, 0.2) is 54.7 Å². The molecule has 1 aromatic heterocycles. The van der Waals surface area contributed by atoms with Crippen LogP contribution in [0, 0.1) is 0 Å². The quantitative estimate of drug-likeness (QED) is 0.576. The second-order valence-electron chi connectivity index (χ2n) is 7.73. The van der Waals surface area contributed by atoms with Gasteiger partial charge in [-0.15, -0.1) is 0 Å². The lowest BCUT2D eigenvalue weighted by atomic mass is 10.0. The first kappa shape index (κ1) is 20.7. The number of H-pyrrole nitrogens is 1. The predicted octanol–water partition coefficient (Wildman–Crippen LogP) is 2.80. The van der Waals surface area contributed by atoms with Crippen molar-refractivity contribution in [3.05, 3.63) is 71.4 Å². The molecule has 0 radical (unpaired) electrons. The molecule has 4 rings (SSSR count). The van der Waals surface area contributed by atoms with E-state index < -0.39 is 12.0 Å². The van der Waals surface area contributed by atoms with E-state index in [0.717, 1.165) is 35.0 Å². The van der Waals surface area contributed by atoms with Crippen LogP contribution in [0.3, 0.4) is 0 Å². The summed E-state index contributed by atoms with van der Waals surface area (Å²) >= 11 is 0. The van der Waals surface area contributed by atoms with E-state index in [0.29, 0.717) is 24.9 Å². The van der Waals surface area contributed by atoms with Crippen molar-refractivity contribution in [1.82, 2.24) is 15.2 Å². The Bertz CT molecular complexity index is 1100. The Morgan fingerprint density at radius 1 is 1.16 bits per heavy atom. The maximum Gasteiger partial charge on any atom is 0.328 e. The molecular formula is C24H25N3O4. The van der Waals surface area contributed by atoms with Crippen molar-refractivity contribution in [1.29, 1.82) is 0 Å². The average molecular weight is 419 g/mol. The summed E-state index contributed by atoms with van der Waals surface area (Å²) < 4.78 is 4.91. The van der Waals surface area contributed by atoms with E-state index in [1.54, 1.807) is 12.1 Å². The van der Waals surface area contributed by atoms with Gasteiger partial charge in [-0.3, -0.25) is 9.59 Å². The Balaban J connectivity index is 1.45.